The number of rotatable bonds is 7. The fourth-order valence-electron chi connectivity index (χ4n) is 3.10. The van der Waals surface area contributed by atoms with Crippen molar-refractivity contribution < 1.29 is 27.4 Å². The number of alkyl halides is 3. The van der Waals surface area contributed by atoms with Crippen LogP contribution in [0.4, 0.5) is 18.9 Å². The van der Waals surface area contributed by atoms with E-state index in [1.807, 2.05) is 6.07 Å². The van der Waals surface area contributed by atoms with Gasteiger partial charge in [-0.15, -0.1) is 0 Å². The molecule has 174 valence electrons. The van der Waals surface area contributed by atoms with E-state index in [1.54, 1.807) is 36.7 Å². The number of methoxy groups -OCH3 is 1. The molecule has 1 amide bonds. The predicted molar refractivity (Wildman–Crippen MR) is 118 cm³/mol. The van der Waals surface area contributed by atoms with Gasteiger partial charge in [-0.3, -0.25) is 9.78 Å². The molecule has 2 heterocycles. The summed E-state index contributed by atoms with van der Waals surface area (Å²) in [6.07, 6.45) is 0.0445. The second-order valence-electron chi connectivity index (χ2n) is 7.16. The van der Waals surface area contributed by atoms with Crippen molar-refractivity contribution >= 4 is 11.6 Å². The molecule has 1 N–H and O–H groups in total. The van der Waals surface area contributed by atoms with Gasteiger partial charge in [0.2, 0.25) is 0 Å². The molecule has 0 unspecified atom stereocenters. The highest BCUT2D eigenvalue weighted by Crippen LogP contribution is 2.31. The lowest BCUT2D eigenvalue weighted by atomic mass is 10.2. The predicted octanol–water partition coefficient (Wildman–Crippen LogP) is 5.13. The molecule has 0 saturated heterocycles. The summed E-state index contributed by atoms with van der Waals surface area (Å²) in [5.41, 5.74) is 1.08. The van der Waals surface area contributed by atoms with E-state index in [0.29, 0.717) is 28.4 Å². The first kappa shape index (κ1) is 22.8. The van der Waals surface area contributed by atoms with Gasteiger partial charge in [0.25, 0.3) is 5.91 Å². The van der Waals surface area contributed by atoms with E-state index in [0.717, 1.165) is 16.3 Å². The molecule has 2 aromatic carbocycles. The number of nitrogens with zero attached hydrogens (tertiary/aromatic N) is 3. The Morgan fingerprint density at radius 3 is 2.50 bits per heavy atom. The molecule has 0 aliphatic heterocycles. The van der Waals surface area contributed by atoms with Gasteiger partial charge < -0.3 is 14.8 Å². The van der Waals surface area contributed by atoms with Gasteiger partial charge in [0.05, 0.1) is 12.8 Å². The number of carbonyl (C=O) groups excluding carboxylic acids is 1. The molecule has 7 nitrogen and oxygen atoms in total. The highest BCUT2D eigenvalue weighted by atomic mass is 19.4. The molecule has 0 atom stereocenters. The molecule has 2 aromatic heterocycles. The Bertz CT molecular complexity index is 1270. The number of carbonyl (C=O) groups is 1. The molecule has 0 bridgehead atoms. The summed E-state index contributed by atoms with van der Waals surface area (Å²) in [5, 5.41) is 6.29. The van der Waals surface area contributed by atoms with E-state index in [-0.39, 0.29) is 6.61 Å². The Morgan fingerprint density at radius 2 is 1.85 bits per heavy atom. The summed E-state index contributed by atoms with van der Waals surface area (Å²) in [6, 6.07) is 15.6. The minimum absolute atomic E-state index is 0.270. The Balaban J connectivity index is 1.45. The summed E-state index contributed by atoms with van der Waals surface area (Å²) >= 11 is 0. The Labute approximate surface area is 192 Å². The lowest BCUT2D eigenvalue weighted by molar-refractivity contribution is -0.141. The Kier molecular flexibility index (Phi) is 6.48. The molecule has 0 saturated carbocycles. The topological polar surface area (TPSA) is 78.3 Å². The molecule has 0 fully saturated rings. The van der Waals surface area contributed by atoms with Crippen molar-refractivity contribution in [2.75, 3.05) is 12.4 Å². The van der Waals surface area contributed by atoms with E-state index in [2.05, 4.69) is 15.4 Å². The summed E-state index contributed by atoms with van der Waals surface area (Å²) < 4.78 is 50.5. The standard InChI is InChI=1S/C24H19F3N4O3/c1-33-20-9-6-18(13-21(20)34-15-16-3-2-11-28-14-16)29-23(32)17-4-7-19(8-5-17)31-12-10-22(30-31)24(25,26)27/h2-14H,15H2,1H3,(H,29,32). The molecule has 0 aliphatic carbocycles. The van der Waals surface area contributed by atoms with Crippen LogP contribution in [0.1, 0.15) is 21.6 Å². The van der Waals surface area contributed by atoms with Gasteiger partial charge in [0.1, 0.15) is 6.61 Å². The number of ether oxygens (including phenoxy) is 2. The average Bonchev–Trinajstić information content (AvgIpc) is 3.35. The minimum Gasteiger partial charge on any atom is -0.493 e. The quantitative estimate of drug-likeness (QED) is 0.407. The van der Waals surface area contributed by atoms with Gasteiger partial charge in [-0.25, -0.2) is 4.68 Å². The molecule has 34 heavy (non-hydrogen) atoms. The van der Waals surface area contributed by atoms with Gasteiger partial charge in [-0.1, -0.05) is 6.07 Å². The van der Waals surface area contributed by atoms with Crippen LogP contribution in [0.2, 0.25) is 0 Å². The molecular weight excluding hydrogens is 449 g/mol. The summed E-state index contributed by atoms with van der Waals surface area (Å²) in [4.78, 5) is 16.7. The number of halogens is 3. The maximum atomic E-state index is 12.8. The lowest BCUT2D eigenvalue weighted by Crippen LogP contribution is -2.12. The van der Waals surface area contributed by atoms with Gasteiger partial charge >= 0.3 is 6.18 Å². The molecule has 0 spiro atoms. The van der Waals surface area contributed by atoms with E-state index in [1.165, 1.54) is 37.6 Å². The largest absolute Gasteiger partial charge is 0.493 e. The molecule has 4 rings (SSSR count). The third kappa shape index (κ3) is 5.34. The summed E-state index contributed by atoms with van der Waals surface area (Å²) in [6.45, 7) is 0.270. The second kappa shape index (κ2) is 9.65. The van der Waals surface area contributed by atoms with Gasteiger partial charge in [0, 0.05) is 41.5 Å². The van der Waals surface area contributed by atoms with Crippen molar-refractivity contribution in [1.82, 2.24) is 14.8 Å². The van der Waals surface area contributed by atoms with Crippen molar-refractivity contribution in [3.63, 3.8) is 0 Å². The number of aromatic nitrogens is 3. The van der Waals surface area contributed by atoms with Crippen molar-refractivity contribution in [2.24, 2.45) is 0 Å². The van der Waals surface area contributed by atoms with E-state index < -0.39 is 17.8 Å². The number of pyridine rings is 1. The van der Waals surface area contributed by atoms with E-state index in [9.17, 15) is 18.0 Å². The summed E-state index contributed by atoms with van der Waals surface area (Å²) in [7, 11) is 1.52. The zero-order valence-corrected chi connectivity index (χ0v) is 17.9. The van der Waals surface area contributed by atoms with Crippen LogP contribution in [0.15, 0.2) is 79.3 Å². The smallest absolute Gasteiger partial charge is 0.435 e. The Hall–Kier alpha value is -4.34. The number of anilines is 1. The fourth-order valence-corrected chi connectivity index (χ4v) is 3.10. The average molecular weight is 468 g/mol. The van der Waals surface area contributed by atoms with Crippen LogP contribution >= 0.6 is 0 Å². The summed E-state index contributed by atoms with van der Waals surface area (Å²) in [5.74, 6) is 0.550. The third-order valence-corrected chi connectivity index (χ3v) is 4.81. The molecule has 0 aliphatic rings. The van der Waals surface area contributed by atoms with Crippen LogP contribution in [0, 0.1) is 0 Å². The van der Waals surface area contributed by atoms with Gasteiger partial charge in [-0.05, 0) is 48.5 Å². The molecule has 4 aromatic rings. The number of hydrogen-bond donors (Lipinski definition) is 1. The first-order chi connectivity index (χ1) is 16.3. The number of amides is 1. The monoisotopic (exact) mass is 468 g/mol. The van der Waals surface area contributed by atoms with Crippen molar-refractivity contribution in [2.45, 2.75) is 12.8 Å². The van der Waals surface area contributed by atoms with Crippen LogP contribution in [0.3, 0.4) is 0 Å². The first-order valence-corrected chi connectivity index (χ1v) is 10.1. The van der Waals surface area contributed by atoms with Crippen LogP contribution in [-0.4, -0.2) is 27.8 Å². The van der Waals surface area contributed by atoms with Gasteiger partial charge in [-0.2, -0.15) is 18.3 Å². The lowest BCUT2D eigenvalue weighted by Gasteiger charge is -2.13. The maximum Gasteiger partial charge on any atom is 0.435 e. The zero-order chi connectivity index (χ0) is 24.1. The first-order valence-electron chi connectivity index (χ1n) is 10.1. The van der Waals surface area contributed by atoms with Crippen LogP contribution in [-0.2, 0) is 12.8 Å². The Morgan fingerprint density at radius 1 is 1.06 bits per heavy atom. The number of benzene rings is 2. The maximum absolute atomic E-state index is 12.8. The molecular formula is C24H19F3N4O3. The van der Waals surface area contributed by atoms with Gasteiger partial charge in [0.15, 0.2) is 17.2 Å². The van der Waals surface area contributed by atoms with Crippen LogP contribution < -0.4 is 14.8 Å². The van der Waals surface area contributed by atoms with Crippen LogP contribution in [0.5, 0.6) is 11.5 Å². The normalized spacial score (nSPS) is 11.2. The minimum atomic E-state index is -4.52. The van der Waals surface area contributed by atoms with Crippen molar-refractivity contribution in [3.05, 3.63) is 96.1 Å². The van der Waals surface area contributed by atoms with E-state index in [4.69, 9.17) is 9.47 Å². The highest BCUT2D eigenvalue weighted by Gasteiger charge is 2.33. The highest BCUT2D eigenvalue weighted by molar-refractivity contribution is 6.04. The fraction of sp³-hybridized carbons (Fsp3) is 0.125. The number of nitrogens with one attached hydrogen (secondary N) is 1. The van der Waals surface area contributed by atoms with Crippen molar-refractivity contribution in [3.8, 4) is 17.2 Å². The molecule has 10 heteroatoms. The second-order valence-corrected chi connectivity index (χ2v) is 7.16. The SMILES string of the molecule is COc1ccc(NC(=O)c2ccc(-n3ccc(C(F)(F)F)n3)cc2)cc1OCc1cccnc1. The van der Waals surface area contributed by atoms with Crippen molar-refractivity contribution in [1.29, 1.82) is 0 Å². The third-order valence-electron chi connectivity index (χ3n) is 4.81. The van der Waals surface area contributed by atoms with Crippen LogP contribution in [0.25, 0.3) is 5.69 Å². The molecule has 0 radical (unpaired) electrons. The zero-order valence-electron chi connectivity index (χ0n) is 17.9. The number of hydrogen-bond acceptors (Lipinski definition) is 5. The van der Waals surface area contributed by atoms with E-state index >= 15 is 0 Å².